The number of amides is 1. The average Bonchev–Trinajstić information content (AvgIpc) is 2.75. The van der Waals surface area contributed by atoms with E-state index < -0.39 is 6.17 Å². The van der Waals surface area contributed by atoms with Crippen molar-refractivity contribution in [1.29, 1.82) is 0 Å². The normalized spacial score (nSPS) is 17.4. The summed E-state index contributed by atoms with van der Waals surface area (Å²) in [6.45, 7) is 6.75. The molecule has 4 rings (SSSR count). The van der Waals surface area contributed by atoms with E-state index in [-0.39, 0.29) is 5.91 Å². The maximum atomic E-state index is 13.2. The lowest BCUT2D eigenvalue weighted by atomic mass is 10.1. The zero-order valence-corrected chi connectivity index (χ0v) is 20.2. The number of carbonyl (C=O) groups excluding carboxylic acids is 1. The molecule has 1 atom stereocenters. The maximum absolute atomic E-state index is 13.2. The van der Waals surface area contributed by atoms with E-state index in [1.165, 1.54) is 0 Å². The molecule has 2 aliphatic rings. The molecule has 2 aromatic rings. The van der Waals surface area contributed by atoms with Gasteiger partial charge in [0, 0.05) is 15.4 Å². The molecule has 0 bridgehead atoms. The van der Waals surface area contributed by atoms with Gasteiger partial charge >= 0.3 is 0 Å². The minimum absolute atomic E-state index is 0.157. The molecule has 2 aliphatic heterocycles. The molecule has 0 saturated heterocycles. The van der Waals surface area contributed by atoms with Crippen LogP contribution in [0.3, 0.4) is 0 Å². The summed E-state index contributed by atoms with van der Waals surface area (Å²) in [5.74, 6) is 1.60. The van der Waals surface area contributed by atoms with Crippen LogP contribution in [-0.4, -0.2) is 28.4 Å². The van der Waals surface area contributed by atoms with E-state index in [4.69, 9.17) is 14.8 Å². The fourth-order valence-electron chi connectivity index (χ4n) is 3.60. The van der Waals surface area contributed by atoms with Crippen molar-refractivity contribution in [2.75, 3.05) is 12.4 Å². The Kier molecular flexibility index (Phi) is 6.67. The smallest absolute Gasteiger partial charge is 0.276 e. The number of unbranched alkanes of at least 4 members (excludes halogenated alkanes) is 1. The van der Waals surface area contributed by atoms with E-state index in [0.29, 0.717) is 17.5 Å². The molecular formula is C23H25BrN4O2S. The molecule has 0 aromatic heterocycles. The molecule has 31 heavy (non-hydrogen) atoms. The average molecular weight is 501 g/mol. The lowest BCUT2D eigenvalue weighted by Crippen LogP contribution is -2.50. The third kappa shape index (κ3) is 4.50. The summed E-state index contributed by atoms with van der Waals surface area (Å²) in [5, 5.41) is 11.7. The van der Waals surface area contributed by atoms with Crippen LogP contribution >= 0.6 is 27.7 Å². The van der Waals surface area contributed by atoms with Gasteiger partial charge < -0.3 is 4.74 Å². The lowest BCUT2D eigenvalue weighted by molar-refractivity contribution is -0.116. The highest BCUT2D eigenvalue weighted by Crippen LogP contribution is 2.33. The summed E-state index contributed by atoms with van der Waals surface area (Å²) in [4.78, 5) is 18.1. The summed E-state index contributed by atoms with van der Waals surface area (Å²) in [6, 6.07) is 11.8. The van der Waals surface area contributed by atoms with Crippen molar-refractivity contribution in [3.63, 3.8) is 0 Å². The van der Waals surface area contributed by atoms with Gasteiger partial charge in [-0.15, -0.1) is 5.10 Å². The van der Waals surface area contributed by atoms with Gasteiger partial charge in [-0.3, -0.25) is 15.1 Å². The number of halogens is 1. The molecule has 8 heteroatoms. The number of aryl methyl sites for hydroxylation is 1. The predicted octanol–water partition coefficient (Wildman–Crippen LogP) is 3.83. The second-order valence-corrected chi connectivity index (χ2v) is 9.38. The Balaban J connectivity index is 1.83. The molecule has 1 N–H and O–H groups in total. The first-order valence-corrected chi connectivity index (χ1v) is 12.2. The van der Waals surface area contributed by atoms with Crippen molar-refractivity contribution in [3.8, 4) is 5.75 Å². The molecule has 0 radical (unpaired) electrons. The number of hydrazone groups is 1. The van der Waals surface area contributed by atoms with Crippen molar-refractivity contribution < 1.29 is 9.53 Å². The third-order valence-corrected chi connectivity index (χ3v) is 6.55. The first-order valence-electron chi connectivity index (χ1n) is 10.4. The van der Waals surface area contributed by atoms with Crippen LogP contribution in [0.5, 0.6) is 5.75 Å². The Labute approximate surface area is 194 Å². The van der Waals surface area contributed by atoms with Crippen LogP contribution in [0.1, 0.15) is 44.0 Å². The van der Waals surface area contributed by atoms with Gasteiger partial charge in [-0.2, -0.15) is 0 Å². The number of carbonyl (C=O) groups is 1. The SMILES string of the molecule is CCCCSC1=NN2C(=c3cc(Br)ccc3=N[C@@H]2c2ccc(OCC)c(C)c2)C(=O)N1. The summed E-state index contributed by atoms with van der Waals surface area (Å²) >= 11 is 5.08. The fraction of sp³-hybridized carbons (Fsp3) is 0.348. The van der Waals surface area contributed by atoms with Crippen LogP contribution in [0.15, 0.2) is 51.0 Å². The summed E-state index contributed by atoms with van der Waals surface area (Å²) in [6.07, 6.45) is 1.74. The first-order chi connectivity index (χ1) is 15.0. The Morgan fingerprint density at radius 3 is 2.81 bits per heavy atom. The first kappa shape index (κ1) is 21.9. The number of ether oxygens (including phenoxy) is 1. The number of rotatable bonds is 6. The number of nitrogens with zero attached hydrogens (tertiary/aromatic N) is 3. The second-order valence-electron chi connectivity index (χ2n) is 7.38. The summed E-state index contributed by atoms with van der Waals surface area (Å²) in [7, 11) is 0. The standard InChI is InChI=1S/C23H25BrN4O2S/c1-4-6-11-31-23-26-22(29)20-17-13-16(24)8-9-18(17)25-21(28(20)27-23)15-7-10-19(30-5-2)14(3)12-15/h7-10,12-13,21H,4-6,11H2,1-3H3,(H,26,27,29)/t21-/m0/s1. The number of thioether (sulfide) groups is 1. The minimum atomic E-state index is -0.425. The van der Waals surface area contributed by atoms with Gasteiger partial charge in [0.05, 0.1) is 12.0 Å². The lowest BCUT2D eigenvalue weighted by Gasteiger charge is -2.34. The maximum Gasteiger partial charge on any atom is 0.276 e. The van der Waals surface area contributed by atoms with Gasteiger partial charge in [-0.25, -0.2) is 5.01 Å². The molecule has 2 aromatic carbocycles. The van der Waals surface area contributed by atoms with Gasteiger partial charge in [0.15, 0.2) is 11.3 Å². The van der Waals surface area contributed by atoms with Crippen LogP contribution in [0, 0.1) is 6.92 Å². The monoisotopic (exact) mass is 500 g/mol. The number of nitrogens with one attached hydrogen (secondary N) is 1. The molecule has 0 aliphatic carbocycles. The topological polar surface area (TPSA) is 66.3 Å². The molecule has 0 unspecified atom stereocenters. The molecule has 6 nitrogen and oxygen atoms in total. The van der Waals surface area contributed by atoms with Gasteiger partial charge in [0.25, 0.3) is 5.91 Å². The quantitative estimate of drug-likeness (QED) is 0.612. The van der Waals surface area contributed by atoms with Crippen LogP contribution < -0.4 is 20.6 Å². The van der Waals surface area contributed by atoms with E-state index in [0.717, 1.165) is 50.5 Å². The van der Waals surface area contributed by atoms with Gasteiger partial charge in [-0.05, 0) is 61.7 Å². The Morgan fingerprint density at radius 1 is 1.23 bits per heavy atom. The zero-order valence-electron chi connectivity index (χ0n) is 17.8. The highest BCUT2D eigenvalue weighted by atomic mass is 79.9. The van der Waals surface area contributed by atoms with Crippen LogP contribution in [-0.2, 0) is 4.79 Å². The summed E-state index contributed by atoms with van der Waals surface area (Å²) in [5.41, 5.74) is 2.51. The highest BCUT2D eigenvalue weighted by Gasteiger charge is 2.34. The van der Waals surface area contributed by atoms with Gasteiger partial charge in [0.1, 0.15) is 11.4 Å². The Bertz CT molecular complexity index is 1160. The Hall–Kier alpha value is -2.32. The Morgan fingerprint density at radius 2 is 2.06 bits per heavy atom. The van der Waals surface area contributed by atoms with E-state index >= 15 is 0 Å². The number of fused-ring (bicyclic) bond motifs is 2. The van der Waals surface area contributed by atoms with E-state index in [2.05, 4.69) is 34.2 Å². The number of amidine groups is 1. The van der Waals surface area contributed by atoms with Crippen LogP contribution in [0.2, 0.25) is 0 Å². The number of hydrogen-bond donors (Lipinski definition) is 1. The zero-order chi connectivity index (χ0) is 22.0. The summed E-state index contributed by atoms with van der Waals surface area (Å²) < 4.78 is 6.59. The molecule has 2 heterocycles. The van der Waals surface area contributed by atoms with E-state index in [1.807, 2.05) is 44.2 Å². The van der Waals surface area contributed by atoms with E-state index in [1.54, 1.807) is 16.8 Å². The van der Waals surface area contributed by atoms with Crippen molar-refractivity contribution in [2.24, 2.45) is 10.1 Å². The highest BCUT2D eigenvalue weighted by molar-refractivity contribution is 9.10. The van der Waals surface area contributed by atoms with Crippen LogP contribution in [0.25, 0.3) is 5.70 Å². The molecule has 0 fully saturated rings. The molecular weight excluding hydrogens is 476 g/mol. The number of hydrogen-bond acceptors (Lipinski definition) is 6. The molecule has 0 spiro atoms. The minimum Gasteiger partial charge on any atom is -0.494 e. The second kappa shape index (κ2) is 9.44. The van der Waals surface area contributed by atoms with Crippen molar-refractivity contribution in [1.82, 2.24) is 10.3 Å². The van der Waals surface area contributed by atoms with Crippen LogP contribution in [0.4, 0.5) is 0 Å². The molecule has 162 valence electrons. The predicted molar refractivity (Wildman–Crippen MR) is 128 cm³/mol. The van der Waals surface area contributed by atoms with Gasteiger partial charge in [-0.1, -0.05) is 47.1 Å². The van der Waals surface area contributed by atoms with Gasteiger partial charge in [0.2, 0.25) is 0 Å². The largest absolute Gasteiger partial charge is 0.494 e. The van der Waals surface area contributed by atoms with Crippen molar-refractivity contribution in [3.05, 3.63) is 62.6 Å². The fourth-order valence-corrected chi connectivity index (χ4v) is 4.90. The number of benzene rings is 2. The molecule has 1 amide bonds. The van der Waals surface area contributed by atoms with Crippen molar-refractivity contribution >= 4 is 44.5 Å². The van der Waals surface area contributed by atoms with Crippen molar-refractivity contribution in [2.45, 2.75) is 39.8 Å². The van der Waals surface area contributed by atoms with E-state index in [9.17, 15) is 4.79 Å². The third-order valence-electron chi connectivity index (χ3n) is 5.10. The molecule has 0 saturated carbocycles.